The molecule has 4 rings (SSSR count). The SMILES string of the molecule is O=C(NCCOc1ccccc1Cl)[C@@H]1CN(S(=O)(=O)Cc2ccccc2)c2ccccc2O1. The van der Waals surface area contributed by atoms with Gasteiger partial charge < -0.3 is 14.8 Å². The molecule has 1 aliphatic heterocycles. The van der Waals surface area contributed by atoms with E-state index < -0.39 is 22.0 Å². The van der Waals surface area contributed by atoms with Crippen LogP contribution in [0.4, 0.5) is 5.69 Å². The van der Waals surface area contributed by atoms with Gasteiger partial charge in [-0.1, -0.05) is 66.2 Å². The molecule has 1 atom stereocenters. The fourth-order valence-corrected chi connectivity index (χ4v) is 5.25. The van der Waals surface area contributed by atoms with Gasteiger partial charge in [0, 0.05) is 0 Å². The number of nitrogens with zero attached hydrogens (tertiary/aromatic N) is 1. The van der Waals surface area contributed by atoms with Gasteiger partial charge >= 0.3 is 0 Å². The molecule has 3 aromatic rings. The third-order valence-corrected chi connectivity index (χ3v) is 7.08. The van der Waals surface area contributed by atoms with Crippen molar-refractivity contribution in [2.75, 3.05) is 24.0 Å². The van der Waals surface area contributed by atoms with Crippen LogP contribution >= 0.6 is 11.6 Å². The monoisotopic (exact) mass is 486 g/mol. The number of hydrogen-bond acceptors (Lipinski definition) is 5. The number of hydrogen-bond donors (Lipinski definition) is 1. The molecule has 1 aliphatic rings. The maximum Gasteiger partial charge on any atom is 0.263 e. The highest BCUT2D eigenvalue weighted by molar-refractivity contribution is 7.92. The minimum absolute atomic E-state index is 0.122. The van der Waals surface area contributed by atoms with Crippen LogP contribution in [0.1, 0.15) is 5.56 Å². The second-order valence-corrected chi connectivity index (χ2v) is 9.72. The molecule has 3 aromatic carbocycles. The Labute approximate surface area is 197 Å². The van der Waals surface area contributed by atoms with E-state index >= 15 is 0 Å². The van der Waals surface area contributed by atoms with Crippen LogP contribution in [0, 0.1) is 0 Å². The second kappa shape index (κ2) is 10.1. The molecule has 0 radical (unpaired) electrons. The normalized spacial score (nSPS) is 15.3. The van der Waals surface area contributed by atoms with E-state index in [9.17, 15) is 13.2 Å². The number of sulfonamides is 1. The van der Waals surface area contributed by atoms with Gasteiger partial charge in [0.25, 0.3) is 5.91 Å². The molecule has 33 heavy (non-hydrogen) atoms. The van der Waals surface area contributed by atoms with Crippen LogP contribution in [0.3, 0.4) is 0 Å². The van der Waals surface area contributed by atoms with Crippen molar-refractivity contribution in [1.82, 2.24) is 5.32 Å². The molecule has 9 heteroatoms. The lowest BCUT2D eigenvalue weighted by molar-refractivity contribution is -0.127. The summed E-state index contributed by atoms with van der Waals surface area (Å²) in [6, 6.07) is 22.8. The summed E-state index contributed by atoms with van der Waals surface area (Å²) in [5.41, 5.74) is 1.08. The van der Waals surface area contributed by atoms with Crippen molar-refractivity contribution in [2.45, 2.75) is 11.9 Å². The molecule has 7 nitrogen and oxygen atoms in total. The molecule has 172 valence electrons. The number of benzene rings is 3. The van der Waals surface area contributed by atoms with Gasteiger partial charge in [0.2, 0.25) is 10.0 Å². The summed E-state index contributed by atoms with van der Waals surface area (Å²) >= 11 is 6.06. The van der Waals surface area contributed by atoms with E-state index in [1.165, 1.54) is 4.31 Å². The van der Waals surface area contributed by atoms with E-state index in [1.54, 1.807) is 72.8 Å². The number of ether oxygens (including phenoxy) is 2. The zero-order chi connectivity index (χ0) is 23.3. The van der Waals surface area contributed by atoms with E-state index in [-0.39, 0.29) is 25.4 Å². The smallest absolute Gasteiger partial charge is 0.263 e. The predicted molar refractivity (Wildman–Crippen MR) is 127 cm³/mol. The number of carbonyl (C=O) groups excluding carboxylic acids is 1. The second-order valence-electron chi connectivity index (χ2n) is 7.42. The van der Waals surface area contributed by atoms with Crippen LogP contribution in [0.5, 0.6) is 11.5 Å². The number of nitrogens with one attached hydrogen (secondary N) is 1. The number of rotatable bonds is 8. The summed E-state index contributed by atoms with van der Waals surface area (Å²) in [4.78, 5) is 12.8. The van der Waals surface area contributed by atoms with Crippen molar-refractivity contribution in [2.24, 2.45) is 0 Å². The summed E-state index contributed by atoms with van der Waals surface area (Å²) in [5, 5.41) is 3.22. The first-order valence-electron chi connectivity index (χ1n) is 10.4. The van der Waals surface area contributed by atoms with Crippen LogP contribution in [0.25, 0.3) is 0 Å². The molecule has 0 saturated heterocycles. The van der Waals surface area contributed by atoms with Crippen molar-refractivity contribution < 1.29 is 22.7 Å². The highest BCUT2D eigenvalue weighted by Gasteiger charge is 2.36. The predicted octanol–water partition coefficient (Wildman–Crippen LogP) is 3.63. The summed E-state index contributed by atoms with van der Waals surface area (Å²) in [7, 11) is -3.75. The zero-order valence-corrected chi connectivity index (χ0v) is 19.3. The van der Waals surface area contributed by atoms with E-state index in [2.05, 4.69) is 5.32 Å². The van der Waals surface area contributed by atoms with Gasteiger partial charge in [0.15, 0.2) is 6.10 Å². The summed E-state index contributed by atoms with van der Waals surface area (Å²) in [5.74, 6) is 0.261. The molecule has 0 aliphatic carbocycles. The Hall–Kier alpha value is -3.23. The van der Waals surface area contributed by atoms with Crippen molar-refractivity contribution in [1.29, 1.82) is 0 Å². The maximum absolute atomic E-state index is 13.2. The molecule has 0 saturated carbocycles. The number of carbonyl (C=O) groups is 1. The van der Waals surface area contributed by atoms with Crippen molar-refractivity contribution >= 4 is 33.2 Å². The van der Waals surface area contributed by atoms with Crippen molar-refractivity contribution in [3.05, 3.63) is 89.4 Å². The first-order valence-corrected chi connectivity index (χ1v) is 12.4. The van der Waals surface area contributed by atoms with Gasteiger partial charge in [-0.3, -0.25) is 9.10 Å². The molecular weight excluding hydrogens is 464 g/mol. The Kier molecular flexibility index (Phi) is 7.05. The Bertz CT molecular complexity index is 1220. The van der Waals surface area contributed by atoms with E-state index in [0.717, 1.165) is 0 Å². The Morgan fingerprint density at radius 3 is 2.52 bits per heavy atom. The number of fused-ring (bicyclic) bond motifs is 1. The molecule has 0 fully saturated rings. The third-order valence-electron chi connectivity index (χ3n) is 5.05. The molecule has 0 bridgehead atoms. The molecule has 0 aromatic heterocycles. The quantitative estimate of drug-likeness (QED) is 0.491. The van der Waals surface area contributed by atoms with Crippen LogP contribution < -0.4 is 19.1 Å². The summed E-state index contributed by atoms with van der Waals surface area (Å²) in [6.07, 6.45) is -0.995. The highest BCUT2D eigenvalue weighted by atomic mass is 35.5. The number of anilines is 1. The number of amides is 1. The third kappa shape index (κ3) is 5.58. The van der Waals surface area contributed by atoms with Gasteiger partial charge in [-0.15, -0.1) is 0 Å². The lowest BCUT2D eigenvalue weighted by Crippen LogP contribution is -2.51. The first-order chi connectivity index (χ1) is 15.9. The van der Waals surface area contributed by atoms with Crippen LogP contribution in [0.2, 0.25) is 5.02 Å². The van der Waals surface area contributed by atoms with Gasteiger partial charge in [-0.25, -0.2) is 8.42 Å². The van der Waals surface area contributed by atoms with Gasteiger partial charge in [0.05, 0.1) is 29.6 Å². The highest BCUT2D eigenvalue weighted by Crippen LogP contribution is 2.35. The first kappa shape index (κ1) is 22.9. The molecular formula is C24H23ClN2O5S. The molecule has 0 unspecified atom stereocenters. The van der Waals surface area contributed by atoms with Gasteiger partial charge in [-0.05, 0) is 29.8 Å². The maximum atomic E-state index is 13.2. The van der Waals surface area contributed by atoms with Gasteiger partial charge in [0.1, 0.15) is 18.1 Å². The minimum atomic E-state index is -3.75. The fourth-order valence-electron chi connectivity index (χ4n) is 3.48. The number of para-hydroxylation sites is 3. The number of halogens is 1. The lowest BCUT2D eigenvalue weighted by Gasteiger charge is -2.34. The Balaban J connectivity index is 1.43. The van der Waals surface area contributed by atoms with Crippen molar-refractivity contribution in [3.63, 3.8) is 0 Å². The minimum Gasteiger partial charge on any atom is -0.490 e. The van der Waals surface area contributed by atoms with Crippen LogP contribution in [-0.2, 0) is 20.6 Å². The van der Waals surface area contributed by atoms with Crippen LogP contribution in [0.15, 0.2) is 78.9 Å². The van der Waals surface area contributed by atoms with E-state index in [0.29, 0.717) is 27.8 Å². The van der Waals surface area contributed by atoms with Crippen LogP contribution in [-0.4, -0.2) is 40.1 Å². The van der Waals surface area contributed by atoms with E-state index in [1.807, 2.05) is 6.07 Å². The summed E-state index contributed by atoms with van der Waals surface area (Å²) in [6.45, 7) is 0.292. The van der Waals surface area contributed by atoms with Gasteiger partial charge in [-0.2, -0.15) is 0 Å². The zero-order valence-electron chi connectivity index (χ0n) is 17.7. The topological polar surface area (TPSA) is 84.9 Å². The molecule has 1 amide bonds. The molecule has 1 N–H and O–H groups in total. The average molecular weight is 487 g/mol. The lowest BCUT2D eigenvalue weighted by atomic mass is 10.2. The Morgan fingerprint density at radius 2 is 1.73 bits per heavy atom. The standard InChI is InChI=1S/C24H23ClN2O5S/c25-19-10-4-6-12-21(19)31-15-14-26-24(28)23-16-27(20-11-5-7-13-22(20)32-23)33(29,30)17-18-8-2-1-3-9-18/h1-13,23H,14-17H2,(H,26,28)/t23-/m0/s1. The average Bonchev–Trinajstić information content (AvgIpc) is 2.82. The Morgan fingerprint density at radius 1 is 1.03 bits per heavy atom. The molecule has 1 heterocycles. The van der Waals surface area contributed by atoms with E-state index in [4.69, 9.17) is 21.1 Å². The largest absolute Gasteiger partial charge is 0.490 e. The molecule has 0 spiro atoms. The van der Waals surface area contributed by atoms with Crippen molar-refractivity contribution in [3.8, 4) is 11.5 Å². The summed E-state index contributed by atoms with van der Waals surface area (Å²) < 4.78 is 39.1. The fraction of sp³-hybridized carbons (Fsp3) is 0.208.